The lowest BCUT2D eigenvalue weighted by Crippen LogP contribution is -2.34. The van der Waals surface area contributed by atoms with Gasteiger partial charge in [0.1, 0.15) is 0 Å². The number of carbonyl (C=O) groups excluding carboxylic acids is 1. The molecule has 38 valence electrons. The van der Waals surface area contributed by atoms with Gasteiger partial charge in [0.05, 0.1) is 0 Å². The number of nitrogens with two attached hydrogens (primary N) is 2. The number of carbonyl (C=O) groups is 1. The van der Waals surface area contributed by atoms with E-state index in [0.717, 1.165) is 0 Å². The molecule has 0 saturated carbocycles. The van der Waals surface area contributed by atoms with Gasteiger partial charge in [-0.05, 0) is 0 Å². The van der Waals surface area contributed by atoms with Crippen molar-refractivity contribution in [2.24, 2.45) is 11.6 Å². The highest BCUT2D eigenvalue weighted by Gasteiger charge is 1.73. The van der Waals surface area contributed by atoms with Crippen molar-refractivity contribution < 1.29 is 4.79 Å². The Morgan fingerprint density at radius 3 is 1.83 bits per heavy atom. The van der Waals surface area contributed by atoms with Crippen molar-refractivity contribution in [1.82, 2.24) is 5.43 Å². The van der Waals surface area contributed by atoms with Gasteiger partial charge in [-0.1, -0.05) is 0 Å². The standard InChI is InChI=1S/CH5N3O.ClH/c2-1(5)4-3;/h3H2,(H3,2,4,5);1H. The molecule has 5 heteroatoms. The molecule has 0 aliphatic heterocycles. The highest BCUT2D eigenvalue weighted by atomic mass is 35.5. The van der Waals surface area contributed by atoms with Gasteiger partial charge < -0.3 is 5.73 Å². The van der Waals surface area contributed by atoms with Crippen LogP contribution in [-0.2, 0) is 0 Å². The molecule has 0 heterocycles. The van der Waals surface area contributed by atoms with Crippen LogP contribution >= 0.6 is 12.4 Å². The zero-order chi connectivity index (χ0) is 4.28. The zero-order valence-corrected chi connectivity index (χ0v) is 3.79. The van der Waals surface area contributed by atoms with Crippen LogP contribution in [-0.4, -0.2) is 6.03 Å². The summed E-state index contributed by atoms with van der Waals surface area (Å²) in [7, 11) is 0. The van der Waals surface area contributed by atoms with Crippen LogP contribution < -0.4 is 17.0 Å². The Kier molecular flexibility index (Phi) is 6.86. The van der Waals surface area contributed by atoms with Gasteiger partial charge in [-0.15, -0.1) is 12.4 Å². The molecule has 0 aromatic heterocycles. The van der Waals surface area contributed by atoms with E-state index in [1.54, 1.807) is 5.43 Å². The fourth-order valence-corrected chi connectivity index (χ4v) is 0. The second-order valence-electron chi connectivity index (χ2n) is 0.509. The maximum absolute atomic E-state index is 9.35. The lowest BCUT2D eigenvalue weighted by atomic mass is 11.2. The predicted molar refractivity (Wildman–Crippen MR) is 24.2 cm³/mol. The summed E-state index contributed by atoms with van der Waals surface area (Å²) in [6.07, 6.45) is 0. The summed E-state index contributed by atoms with van der Waals surface area (Å²) in [6, 6.07) is -0.718. The molecule has 0 atom stereocenters. The van der Waals surface area contributed by atoms with E-state index < -0.39 is 6.03 Å². The molecule has 0 aromatic rings. The molecule has 0 aromatic carbocycles. The van der Waals surface area contributed by atoms with E-state index in [1.165, 1.54) is 0 Å². The third kappa shape index (κ3) is 9.68. The molecule has 0 bridgehead atoms. The number of hydrazine groups is 1. The molecule has 0 rings (SSSR count). The minimum Gasteiger partial charge on any atom is -0.351 e. The highest BCUT2D eigenvalue weighted by Crippen LogP contribution is 1.34. The van der Waals surface area contributed by atoms with Crippen LogP contribution in [0.25, 0.3) is 0 Å². The molecule has 0 fully saturated rings. The van der Waals surface area contributed by atoms with Crippen molar-refractivity contribution in [2.75, 3.05) is 0 Å². The SMILES string of the molecule is Cl.NNC(N)=O. The summed E-state index contributed by atoms with van der Waals surface area (Å²) in [5.41, 5.74) is 6.08. The number of hydrogen-bond donors (Lipinski definition) is 3. The number of hydrogen-bond acceptors (Lipinski definition) is 2. The van der Waals surface area contributed by atoms with Crippen LogP contribution in [0.4, 0.5) is 4.79 Å². The van der Waals surface area contributed by atoms with E-state index >= 15 is 0 Å². The van der Waals surface area contributed by atoms with Crippen molar-refractivity contribution in [2.45, 2.75) is 0 Å². The summed E-state index contributed by atoms with van der Waals surface area (Å²) >= 11 is 0. The average Bonchev–Trinajstić information content (AvgIpc) is 1.38. The van der Waals surface area contributed by atoms with Crippen LogP contribution in [0.5, 0.6) is 0 Å². The van der Waals surface area contributed by atoms with Gasteiger partial charge in [0.2, 0.25) is 0 Å². The summed E-state index contributed by atoms with van der Waals surface area (Å²) in [6.45, 7) is 0. The third-order valence-electron chi connectivity index (χ3n) is 0.142. The minimum absolute atomic E-state index is 0. The Morgan fingerprint density at radius 2 is 1.83 bits per heavy atom. The third-order valence-corrected chi connectivity index (χ3v) is 0.142. The lowest BCUT2D eigenvalue weighted by molar-refractivity contribution is 0.249. The second-order valence-corrected chi connectivity index (χ2v) is 0.509. The first kappa shape index (κ1) is 9.10. The van der Waals surface area contributed by atoms with Crippen LogP contribution in [0.3, 0.4) is 0 Å². The molecule has 0 spiro atoms. The van der Waals surface area contributed by atoms with Crippen molar-refractivity contribution in [1.29, 1.82) is 0 Å². The smallest absolute Gasteiger partial charge is 0.326 e. The largest absolute Gasteiger partial charge is 0.351 e. The van der Waals surface area contributed by atoms with Crippen LogP contribution in [0.2, 0.25) is 0 Å². The Labute approximate surface area is 41.3 Å². The summed E-state index contributed by atoms with van der Waals surface area (Å²) in [5.74, 6) is 4.45. The highest BCUT2D eigenvalue weighted by molar-refractivity contribution is 5.85. The summed E-state index contributed by atoms with van der Waals surface area (Å²) < 4.78 is 0. The fraction of sp³-hybridized carbons (Fsp3) is 0. The van der Waals surface area contributed by atoms with Gasteiger partial charge in [-0.3, -0.25) is 5.43 Å². The molecule has 6 heavy (non-hydrogen) atoms. The molecule has 0 aliphatic carbocycles. The number of nitrogens with one attached hydrogen (secondary N) is 1. The normalized spacial score (nSPS) is 5.50. The number of urea groups is 1. The van der Waals surface area contributed by atoms with Gasteiger partial charge >= 0.3 is 6.03 Å². The molecule has 0 aliphatic rings. The van der Waals surface area contributed by atoms with Crippen molar-refractivity contribution in [3.8, 4) is 0 Å². The first-order valence-corrected chi connectivity index (χ1v) is 1.03. The molecule has 0 radical (unpaired) electrons. The molecule has 0 unspecified atom stereocenters. The predicted octanol–water partition coefficient (Wildman–Crippen LogP) is -1.05. The van der Waals surface area contributed by atoms with Crippen LogP contribution in [0.1, 0.15) is 0 Å². The van der Waals surface area contributed by atoms with E-state index in [2.05, 4.69) is 11.6 Å². The lowest BCUT2D eigenvalue weighted by Gasteiger charge is -1.81. The number of primary amides is 1. The fourth-order valence-electron chi connectivity index (χ4n) is 0. The molecular formula is CH6ClN3O. The monoisotopic (exact) mass is 111 g/mol. The minimum atomic E-state index is -0.718. The van der Waals surface area contributed by atoms with Gasteiger partial charge in [-0.2, -0.15) is 0 Å². The number of halogens is 1. The molecule has 0 saturated heterocycles. The molecular weight excluding hydrogens is 105 g/mol. The van der Waals surface area contributed by atoms with E-state index in [0.29, 0.717) is 0 Å². The van der Waals surface area contributed by atoms with E-state index in [4.69, 9.17) is 0 Å². The zero-order valence-electron chi connectivity index (χ0n) is 2.97. The number of rotatable bonds is 0. The van der Waals surface area contributed by atoms with Gasteiger partial charge in [-0.25, -0.2) is 10.6 Å². The Balaban J connectivity index is 0. The van der Waals surface area contributed by atoms with E-state index in [9.17, 15) is 4.79 Å². The van der Waals surface area contributed by atoms with Gasteiger partial charge in [0, 0.05) is 0 Å². The topological polar surface area (TPSA) is 81.1 Å². The van der Waals surface area contributed by atoms with Crippen LogP contribution in [0.15, 0.2) is 0 Å². The Morgan fingerprint density at radius 1 is 1.67 bits per heavy atom. The Bertz CT molecular complexity index is 46.1. The first-order valence-electron chi connectivity index (χ1n) is 1.03. The van der Waals surface area contributed by atoms with Crippen LogP contribution in [0, 0.1) is 0 Å². The number of amides is 2. The van der Waals surface area contributed by atoms with Crippen molar-refractivity contribution in [3.05, 3.63) is 0 Å². The molecule has 5 N–H and O–H groups in total. The second kappa shape index (κ2) is 4.52. The van der Waals surface area contributed by atoms with E-state index in [-0.39, 0.29) is 12.4 Å². The summed E-state index contributed by atoms with van der Waals surface area (Å²) in [5, 5.41) is 0. The Hall–Kier alpha value is -0.480. The quantitative estimate of drug-likeness (QED) is 0.212. The van der Waals surface area contributed by atoms with Crippen molar-refractivity contribution >= 4 is 18.4 Å². The van der Waals surface area contributed by atoms with E-state index in [1.807, 2.05) is 0 Å². The van der Waals surface area contributed by atoms with Gasteiger partial charge in [0.25, 0.3) is 0 Å². The van der Waals surface area contributed by atoms with Crippen molar-refractivity contribution in [3.63, 3.8) is 0 Å². The van der Waals surface area contributed by atoms with Gasteiger partial charge in [0.15, 0.2) is 0 Å². The first-order chi connectivity index (χ1) is 2.27. The maximum atomic E-state index is 9.35. The maximum Gasteiger partial charge on any atom is 0.326 e. The summed E-state index contributed by atoms with van der Waals surface area (Å²) in [4.78, 5) is 9.35. The average molecular weight is 112 g/mol. The molecule has 2 amide bonds. The molecule has 4 nitrogen and oxygen atoms in total.